The Morgan fingerprint density at radius 1 is 1.35 bits per heavy atom. The molecule has 1 aromatic rings. The lowest BCUT2D eigenvalue weighted by Crippen LogP contribution is -2.33. The van der Waals surface area contributed by atoms with Crippen LogP contribution in [0.5, 0.6) is 5.75 Å². The number of carboxylic acid groups (broad SMARTS) is 1. The second-order valence-electron chi connectivity index (χ2n) is 3.58. The van der Waals surface area contributed by atoms with Crippen LogP contribution < -0.4 is 4.74 Å². The fraction of sp³-hybridized carbons (Fsp3) is 0.333. The van der Waals surface area contributed by atoms with Crippen LogP contribution in [0.2, 0.25) is 0 Å². The van der Waals surface area contributed by atoms with Crippen LogP contribution in [0.3, 0.4) is 0 Å². The molecule has 0 saturated carbocycles. The summed E-state index contributed by atoms with van der Waals surface area (Å²) in [6, 6.07) is 7.21. The predicted molar refractivity (Wildman–Crippen MR) is 61.7 cm³/mol. The Hall–Kier alpha value is -2.04. The maximum absolute atomic E-state index is 11.3. The summed E-state index contributed by atoms with van der Waals surface area (Å²) in [6.45, 7) is 1.26. The van der Waals surface area contributed by atoms with E-state index in [0.717, 1.165) is 5.56 Å². The Kier molecular flexibility index (Phi) is 4.51. The highest BCUT2D eigenvalue weighted by molar-refractivity contribution is 5.79. The maximum atomic E-state index is 11.3. The normalized spacial score (nSPS) is 9.76. The molecule has 0 aliphatic carbocycles. The number of ether oxygens (including phenoxy) is 1. The molecule has 0 aliphatic heterocycles. The van der Waals surface area contributed by atoms with Crippen molar-refractivity contribution in [2.24, 2.45) is 0 Å². The van der Waals surface area contributed by atoms with Crippen molar-refractivity contribution in [2.45, 2.75) is 13.5 Å². The number of benzene rings is 1. The van der Waals surface area contributed by atoms with Crippen molar-refractivity contribution in [1.82, 2.24) is 4.90 Å². The minimum atomic E-state index is -1.03. The summed E-state index contributed by atoms with van der Waals surface area (Å²) in [6.07, 6.45) is 0. The van der Waals surface area contributed by atoms with Crippen molar-refractivity contribution in [3.8, 4) is 5.75 Å². The number of carbonyl (C=O) groups is 2. The summed E-state index contributed by atoms with van der Waals surface area (Å²) < 4.78 is 5.15. The van der Waals surface area contributed by atoms with E-state index in [-0.39, 0.29) is 19.0 Å². The third-order valence-corrected chi connectivity index (χ3v) is 2.33. The number of carbonyl (C=O) groups excluding carboxylic acids is 1. The standard InChI is InChI=1S/C12H15NO4/c1-9(14)13(8-12(15)16)7-10-5-3-4-6-11(10)17-2/h3-6H,7-8H2,1-2H3,(H,15,16). The molecule has 0 fully saturated rings. The van der Waals surface area contributed by atoms with Gasteiger partial charge in [0, 0.05) is 19.0 Å². The molecule has 0 saturated heterocycles. The zero-order valence-electron chi connectivity index (χ0n) is 9.84. The molecule has 0 atom stereocenters. The Morgan fingerprint density at radius 2 is 2.00 bits per heavy atom. The molecule has 0 spiro atoms. The van der Waals surface area contributed by atoms with Crippen LogP contribution in [0.15, 0.2) is 24.3 Å². The lowest BCUT2D eigenvalue weighted by atomic mass is 10.2. The summed E-state index contributed by atoms with van der Waals surface area (Å²) in [7, 11) is 1.54. The quantitative estimate of drug-likeness (QED) is 0.833. The van der Waals surface area contributed by atoms with Gasteiger partial charge >= 0.3 is 5.97 Å². The molecule has 17 heavy (non-hydrogen) atoms. The van der Waals surface area contributed by atoms with E-state index in [9.17, 15) is 9.59 Å². The van der Waals surface area contributed by atoms with Gasteiger partial charge < -0.3 is 14.7 Å². The predicted octanol–water partition coefficient (Wildman–Crippen LogP) is 1.13. The van der Waals surface area contributed by atoms with Crippen molar-refractivity contribution in [3.63, 3.8) is 0 Å². The number of methoxy groups -OCH3 is 1. The highest BCUT2D eigenvalue weighted by Crippen LogP contribution is 2.19. The summed E-state index contributed by atoms with van der Waals surface area (Å²) >= 11 is 0. The number of rotatable bonds is 5. The fourth-order valence-electron chi connectivity index (χ4n) is 1.48. The van der Waals surface area contributed by atoms with Gasteiger partial charge in [0.1, 0.15) is 12.3 Å². The number of amides is 1. The van der Waals surface area contributed by atoms with Crippen molar-refractivity contribution in [1.29, 1.82) is 0 Å². The topological polar surface area (TPSA) is 66.8 Å². The average Bonchev–Trinajstić information content (AvgIpc) is 2.28. The van der Waals surface area contributed by atoms with E-state index in [0.29, 0.717) is 5.75 Å². The largest absolute Gasteiger partial charge is 0.496 e. The first-order valence-corrected chi connectivity index (χ1v) is 5.13. The molecule has 1 rings (SSSR count). The number of hydrogen-bond acceptors (Lipinski definition) is 3. The first-order chi connectivity index (χ1) is 8.04. The maximum Gasteiger partial charge on any atom is 0.323 e. The first kappa shape index (κ1) is 13.0. The van der Waals surface area contributed by atoms with Gasteiger partial charge in [-0.15, -0.1) is 0 Å². The SMILES string of the molecule is COc1ccccc1CN(CC(=O)O)C(C)=O. The lowest BCUT2D eigenvalue weighted by molar-refractivity contribution is -0.144. The molecule has 0 unspecified atom stereocenters. The van der Waals surface area contributed by atoms with Gasteiger partial charge in [-0.25, -0.2) is 0 Å². The molecule has 1 aromatic carbocycles. The molecule has 92 valence electrons. The van der Waals surface area contributed by atoms with Gasteiger partial charge in [0.05, 0.1) is 7.11 Å². The van der Waals surface area contributed by atoms with Crippen molar-refractivity contribution in [2.75, 3.05) is 13.7 Å². The first-order valence-electron chi connectivity index (χ1n) is 5.13. The molecule has 0 radical (unpaired) electrons. The van der Waals surface area contributed by atoms with Crippen LogP contribution in [0.25, 0.3) is 0 Å². The highest BCUT2D eigenvalue weighted by Gasteiger charge is 2.15. The van der Waals surface area contributed by atoms with Gasteiger partial charge in [0.25, 0.3) is 0 Å². The van der Waals surface area contributed by atoms with E-state index >= 15 is 0 Å². The van der Waals surface area contributed by atoms with Crippen molar-refractivity contribution >= 4 is 11.9 Å². The van der Waals surface area contributed by atoms with Crippen LogP contribution >= 0.6 is 0 Å². The molecule has 0 aromatic heterocycles. The molecule has 5 heteroatoms. The molecule has 0 bridgehead atoms. The van der Waals surface area contributed by atoms with Crippen molar-refractivity contribution in [3.05, 3.63) is 29.8 Å². The zero-order valence-corrected chi connectivity index (χ0v) is 9.84. The minimum Gasteiger partial charge on any atom is -0.496 e. The molecule has 5 nitrogen and oxygen atoms in total. The Morgan fingerprint density at radius 3 is 2.53 bits per heavy atom. The van der Waals surface area contributed by atoms with Gasteiger partial charge in [-0.3, -0.25) is 9.59 Å². The van der Waals surface area contributed by atoms with Crippen molar-refractivity contribution < 1.29 is 19.4 Å². The molecular weight excluding hydrogens is 222 g/mol. The van der Waals surface area contributed by atoms with Gasteiger partial charge in [0.15, 0.2) is 0 Å². The summed E-state index contributed by atoms with van der Waals surface area (Å²) in [5, 5.41) is 8.71. The third-order valence-electron chi connectivity index (χ3n) is 2.33. The van der Waals surface area contributed by atoms with Gasteiger partial charge in [-0.2, -0.15) is 0 Å². The van der Waals surface area contributed by atoms with Gasteiger partial charge in [-0.1, -0.05) is 18.2 Å². The number of nitrogens with zero attached hydrogens (tertiary/aromatic N) is 1. The summed E-state index contributed by atoms with van der Waals surface area (Å²) in [5.74, 6) is -0.669. The number of carboxylic acids is 1. The zero-order chi connectivity index (χ0) is 12.8. The van der Waals surface area contributed by atoms with Gasteiger partial charge in [0.2, 0.25) is 5.91 Å². The Labute approximate surface area is 99.6 Å². The molecular formula is C12H15NO4. The number of para-hydroxylation sites is 1. The highest BCUT2D eigenvalue weighted by atomic mass is 16.5. The minimum absolute atomic E-state index is 0.228. The van der Waals surface area contributed by atoms with Crippen LogP contribution in [-0.4, -0.2) is 35.5 Å². The van der Waals surface area contributed by atoms with E-state index in [1.807, 2.05) is 12.1 Å². The van der Waals surface area contributed by atoms with Crippen LogP contribution in [0, 0.1) is 0 Å². The molecule has 0 aliphatic rings. The van der Waals surface area contributed by atoms with E-state index in [4.69, 9.17) is 9.84 Å². The average molecular weight is 237 g/mol. The second kappa shape index (κ2) is 5.89. The Balaban J connectivity index is 2.85. The third kappa shape index (κ3) is 3.79. The molecule has 0 heterocycles. The smallest absolute Gasteiger partial charge is 0.323 e. The van der Waals surface area contributed by atoms with Crippen LogP contribution in [0.4, 0.5) is 0 Å². The number of aliphatic carboxylic acids is 1. The Bertz CT molecular complexity index is 417. The van der Waals surface area contributed by atoms with Crippen LogP contribution in [0.1, 0.15) is 12.5 Å². The lowest BCUT2D eigenvalue weighted by Gasteiger charge is -2.20. The summed E-state index contributed by atoms with van der Waals surface area (Å²) in [4.78, 5) is 23.2. The van der Waals surface area contributed by atoms with E-state index in [1.54, 1.807) is 12.1 Å². The van der Waals surface area contributed by atoms with E-state index in [1.165, 1.54) is 18.9 Å². The molecule has 1 N–H and O–H groups in total. The summed E-state index contributed by atoms with van der Waals surface area (Å²) in [5.41, 5.74) is 0.784. The van der Waals surface area contributed by atoms with Gasteiger partial charge in [-0.05, 0) is 6.07 Å². The monoisotopic (exact) mass is 237 g/mol. The van der Waals surface area contributed by atoms with E-state index in [2.05, 4.69) is 0 Å². The van der Waals surface area contributed by atoms with E-state index < -0.39 is 5.97 Å². The number of hydrogen-bond donors (Lipinski definition) is 1. The fourth-order valence-corrected chi connectivity index (χ4v) is 1.48. The molecule has 1 amide bonds. The van der Waals surface area contributed by atoms with Crippen LogP contribution in [-0.2, 0) is 16.1 Å². The second-order valence-corrected chi connectivity index (χ2v) is 3.58.